The number of tetrazole rings is 1. The highest BCUT2D eigenvalue weighted by Gasteiger charge is 2.53. The number of hydrogen-bond donors (Lipinski definition) is 2. The summed E-state index contributed by atoms with van der Waals surface area (Å²) in [6.07, 6.45) is 4.36. The van der Waals surface area contributed by atoms with Gasteiger partial charge in [0.25, 0.3) is 11.8 Å². The van der Waals surface area contributed by atoms with Gasteiger partial charge in [-0.3, -0.25) is 14.6 Å². The minimum atomic E-state index is -0.785. The molecule has 2 heterocycles. The summed E-state index contributed by atoms with van der Waals surface area (Å²) in [5.74, 6) is 0.142. The molecule has 1 aliphatic carbocycles. The molecule has 1 aromatic heterocycles. The van der Waals surface area contributed by atoms with Gasteiger partial charge in [-0.1, -0.05) is 61.3 Å². The molecule has 0 radical (unpaired) electrons. The molecule has 2 N–H and O–H groups in total. The van der Waals surface area contributed by atoms with Gasteiger partial charge in [0.05, 0.1) is 24.1 Å². The zero-order valence-corrected chi connectivity index (χ0v) is 28.4. The first kappa shape index (κ1) is 33.6. The van der Waals surface area contributed by atoms with E-state index in [2.05, 4.69) is 52.8 Å². The van der Waals surface area contributed by atoms with Crippen LogP contribution < -0.4 is 5.32 Å². The van der Waals surface area contributed by atoms with Crippen LogP contribution in [0.2, 0.25) is 10.0 Å². The number of aromatic amines is 1. The van der Waals surface area contributed by atoms with Crippen LogP contribution in [-0.4, -0.2) is 48.7 Å². The number of carbonyl (C=O) groups excluding carboxylic acids is 2. The van der Waals surface area contributed by atoms with Gasteiger partial charge < -0.3 is 10.2 Å². The number of aliphatic imine (C=N–C) groups is 1. The summed E-state index contributed by atoms with van der Waals surface area (Å²) < 4.78 is 0. The fraction of sp³-hybridized carbons (Fsp3) is 0.500. The molecule has 1 aliphatic heterocycles. The predicted molar refractivity (Wildman–Crippen MR) is 177 cm³/mol. The molecule has 2 aromatic carbocycles. The first-order chi connectivity index (χ1) is 21.7. The summed E-state index contributed by atoms with van der Waals surface area (Å²) in [4.78, 5) is 34.7. The minimum Gasteiger partial charge on any atom is -0.345 e. The Labute approximate surface area is 279 Å². The normalized spacial score (nSPS) is 20.8. The predicted octanol–water partition coefficient (Wildman–Crippen LogP) is 7.07. The van der Waals surface area contributed by atoms with Crippen molar-refractivity contribution < 1.29 is 9.59 Å². The van der Waals surface area contributed by atoms with Crippen LogP contribution in [-0.2, 0) is 11.3 Å². The largest absolute Gasteiger partial charge is 0.345 e. The van der Waals surface area contributed by atoms with Gasteiger partial charge in [-0.2, -0.15) is 10.5 Å². The Bertz CT molecular complexity index is 1630. The van der Waals surface area contributed by atoms with Gasteiger partial charge in [0.15, 0.2) is 5.82 Å². The number of rotatable bonds is 9. The second kappa shape index (κ2) is 13.1. The van der Waals surface area contributed by atoms with E-state index in [0.717, 1.165) is 24.8 Å². The van der Waals surface area contributed by atoms with Crippen LogP contribution in [0.5, 0.6) is 0 Å². The molecule has 1 spiro atoms. The number of nitriles is 1. The van der Waals surface area contributed by atoms with E-state index in [-0.39, 0.29) is 35.7 Å². The fourth-order valence-corrected chi connectivity index (χ4v) is 7.08. The van der Waals surface area contributed by atoms with E-state index in [1.165, 1.54) is 0 Å². The summed E-state index contributed by atoms with van der Waals surface area (Å²) in [7, 11) is 0. The van der Waals surface area contributed by atoms with Crippen molar-refractivity contribution in [2.45, 2.75) is 91.4 Å². The summed E-state index contributed by atoms with van der Waals surface area (Å²) in [5, 5.41) is 27.2. The third-order valence-electron chi connectivity index (χ3n) is 9.25. The van der Waals surface area contributed by atoms with Gasteiger partial charge in [-0.15, -0.1) is 10.2 Å². The van der Waals surface area contributed by atoms with Crippen molar-refractivity contribution in [2.75, 3.05) is 0 Å². The van der Waals surface area contributed by atoms with E-state index >= 15 is 0 Å². The summed E-state index contributed by atoms with van der Waals surface area (Å²) in [6.45, 7) is 10.7. The molecule has 0 saturated heterocycles. The second-order valence-electron chi connectivity index (χ2n) is 14.1. The first-order valence-corrected chi connectivity index (χ1v) is 16.4. The van der Waals surface area contributed by atoms with Gasteiger partial charge in [0.1, 0.15) is 11.4 Å². The van der Waals surface area contributed by atoms with Crippen molar-refractivity contribution in [3.05, 3.63) is 75.0 Å². The number of nitrogens with zero attached hydrogens (tertiary/aromatic N) is 6. The Morgan fingerprint density at radius 2 is 1.76 bits per heavy atom. The number of carbonyl (C=O) groups is 2. The molecule has 2 amide bonds. The SMILES string of the molecule is CC(C)(C)CC[C@H](c1ccc(C(=O)NCc2nn[nH]n2)cc1)N1C(=O)C(c2cc(Cl)cc(Cl)c2)=NC12CCC(C(C)(C)C#N)CC2. The lowest BCUT2D eigenvalue weighted by atomic mass is 9.69. The highest BCUT2D eigenvalue weighted by molar-refractivity contribution is 6.47. The highest BCUT2D eigenvalue weighted by atomic mass is 35.5. The van der Waals surface area contributed by atoms with E-state index in [0.29, 0.717) is 52.0 Å². The summed E-state index contributed by atoms with van der Waals surface area (Å²) >= 11 is 12.8. The number of benzene rings is 2. The Morgan fingerprint density at radius 1 is 1.11 bits per heavy atom. The van der Waals surface area contributed by atoms with Crippen LogP contribution in [0.1, 0.15) is 106 Å². The Balaban J connectivity index is 1.51. The lowest BCUT2D eigenvalue weighted by Crippen LogP contribution is -2.51. The van der Waals surface area contributed by atoms with Crippen LogP contribution in [0.15, 0.2) is 47.5 Å². The van der Waals surface area contributed by atoms with E-state index in [4.69, 9.17) is 28.2 Å². The molecule has 0 unspecified atom stereocenters. The van der Waals surface area contributed by atoms with Crippen LogP contribution >= 0.6 is 23.2 Å². The Kier molecular flexibility index (Phi) is 9.57. The molecule has 242 valence electrons. The molecule has 3 aromatic rings. The maximum absolute atomic E-state index is 14.6. The van der Waals surface area contributed by atoms with Gasteiger partial charge >= 0.3 is 0 Å². The van der Waals surface area contributed by atoms with Crippen LogP contribution in [0, 0.1) is 28.1 Å². The molecule has 2 aliphatic rings. The number of nitrogens with one attached hydrogen (secondary N) is 2. The van der Waals surface area contributed by atoms with E-state index < -0.39 is 11.1 Å². The quantitative estimate of drug-likeness (QED) is 0.251. The van der Waals surface area contributed by atoms with E-state index in [1.807, 2.05) is 30.9 Å². The molecular formula is C34H40Cl2N8O2. The second-order valence-corrected chi connectivity index (χ2v) is 15.0. The standard InChI is InChI=1S/C34H40Cl2N8O2/c1-32(2,3)13-12-27(21-6-8-22(9-7-21)30(45)38-19-28-40-42-43-41-28)44-31(46)29(23-16-25(35)18-26(36)17-23)39-34(44)14-10-24(11-15-34)33(4,5)20-37/h6-9,16-18,24,27H,10-15,19H2,1-5H3,(H,38,45)(H,40,41,42,43)/t24?,27-,34?/m1/s1. The van der Waals surface area contributed by atoms with E-state index in [9.17, 15) is 14.9 Å². The molecule has 12 heteroatoms. The molecule has 1 atom stereocenters. The molecule has 10 nitrogen and oxygen atoms in total. The zero-order valence-electron chi connectivity index (χ0n) is 26.9. The average Bonchev–Trinajstić information content (AvgIpc) is 3.62. The number of halogens is 2. The monoisotopic (exact) mass is 662 g/mol. The van der Waals surface area contributed by atoms with Gasteiger partial charge in [-0.05, 0) is 99.6 Å². The Morgan fingerprint density at radius 3 is 2.33 bits per heavy atom. The minimum absolute atomic E-state index is 0.0157. The summed E-state index contributed by atoms with van der Waals surface area (Å²) in [5.41, 5.74) is 1.09. The number of H-pyrrole nitrogens is 1. The van der Waals surface area contributed by atoms with Crippen molar-refractivity contribution in [3.8, 4) is 6.07 Å². The average molecular weight is 664 g/mol. The Hall–Kier alpha value is -3.81. The zero-order chi connectivity index (χ0) is 33.3. The highest BCUT2D eigenvalue weighted by Crippen LogP contribution is 2.50. The smallest absolute Gasteiger partial charge is 0.275 e. The lowest BCUT2D eigenvalue weighted by Gasteiger charge is -2.47. The lowest BCUT2D eigenvalue weighted by molar-refractivity contribution is -0.133. The number of hydrogen-bond acceptors (Lipinski definition) is 7. The van der Waals surface area contributed by atoms with Gasteiger partial charge in [0, 0.05) is 21.2 Å². The van der Waals surface area contributed by atoms with Crippen molar-refractivity contribution in [2.24, 2.45) is 21.7 Å². The van der Waals surface area contributed by atoms with Gasteiger partial charge in [-0.25, -0.2) is 0 Å². The van der Waals surface area contributed by atoms with Crippen molar-refractivity contribution >= 4 is 40.7 Å². The molecule has 1 fully saturated rings. The fourth-order valence-electron chi connectivity index (χ4n) is 6.56. The van der Waals surface area contributed by atoms with Crippen molar-refractivity contribution in [1.82, 2.24) is 30.8 Å². The molecule has 5 rings (SSSR count). The third kappa shape index (κ3) is 7.26. The van der Waals surface area contributed by atoms with Crippen LogP contribution in [0.4, 0.5) is 0 Å². The maximum atomic E-state index is 14.6. The van der Waals surface area contributed by atoms with Crippen molar-refractivity contribution in [3.63, 3.8) is 0 Å². The van der Waals surface area contributed by atoms with Crippen LogP contribution in [0.25, 0.3) is 0 Å². The topological polar surface area (TPSA) is 140 Å². The van der Waals surface area contributed by atoms with Crippen molar-refractivity contribution in [1.29, 1.82) is 5.26 Å². The van der Waals surface area contributed by atoms with Gasteiger partial charge in [0.2, 0.25) is 0 Å². The molecule has 46 heavy (non-hydrogen) atoms. The number of aromatic nitrogens is 4. The molecule has 1 saturated carbocycles. The number of amides is 2. The molecule has 0 bridgehead atoms. The van der Waals surface area contributed by atoms with E-state index in [1.54, 1.807) is 30.3 Å². The van der Waals surface area contributed by atoms with Crippen LogP contribution in [0.3, 0.4) is 0 Å². The maximum Gasteiger partial charge on any atom is 0.275 e. The summed E-state index contributed by atoms with van der Waals surface area (Å²) in [6, 6.07) is 14.7. The first-order valence-electron chi connectivity index (χ1n) is 15.6. The molecular weight excluding hydrogens is 623 g/mol. The third-order valence-corrected chi connectivity index (χ3v) is 9.69.